The van der Waals surface area contributed by atoms with Gasteiger partial charge in [0.15, 0.2) is 5.58 Å². The van der Waals surface area contributed by atoms with Crippen molar-refractivity contribution in [3.63, 3.8) is 0 Å². The van der Waals surface area contributed by atoms with Crippen LogP contribution in [0.1, 0.15) is 51.7 Å². The summed E-state index contributed by atoms with van der Waals surface area (Å²) in [5, 5.41) is 0. The molecule has 2 fully saturated rings. The fourth-order valence-corrected chi connectivity index (χ4v) is 3.97. The quantitative estimate of drug-likeness (QED) is 0.795. The monoisotopic (exact) mass is 314 g/mol. The molecule has 0 radical (unpaired) electrons. The van der Waals surface area contributed by atoms with Crippen molar-refractivity contribution in [2.75, 3.05) is 0 Å². The standard InChI is InChI=1S/C18H22N2O3/c1-18(2,3)23-17(21)20-11-6-7-14(20)12(9-11)16-10-13-15(22-16)5-4-8-19-13/h4-5,8,10-12,14H,6-7,9H2,1-3H3. The number of carbonyl (C=O) groups excluding carboxylic acids is 1. The second kappa shape index (κ2) is 4.98. The molecular weight excluding hydrogens is 292 g/mol. The molecule has 2 aromatic rings. The van der Waals surface area contributed by atoms with E-state index in [0.717, 1.165) is 36.1 Å². The zero-order valence-corrected chi connectivity index (χ0v) is 13.8. The second-order valence-corrected chi connectivity index (χ2v) is 7.56. The van der Waals surface area contributed by atoms with Crippen LogP contribution in [-0.4, -0.2) is 33.7 Å². The molecule has 3 atom stereocenters. The lowest BCUT2D eigenvalue weighted by Gasteiger charge is -2.28. The second-order valence-electron chi connectivity index (χ2n) is 7.56. The Bertz CT molecular complexity index is 713. The molecule has 2 aliphatic rings. The van der Waals surface area contributed by atoms with Gasteiger partial charge in [-0.3, -0.25) is 4.98 Å². The Morgan fingerprint density at radius 2 is 2.22 bits per heavy atom. The minimum absolute atomic E-state index is 0.176. The van der Waals surface area contributed by atoms with E-state index < -0.39 is 5.60 Å². The van der Waals surface area contributed by atoms with Gasteiger partial charge in [0.05, 0.1) is 0 Å². The summed E-state index contributed by atoms with van der Waals surface area (Å²) >= 11 is 0. The zero-order chi connectivity index (χ0) is 16.2. The molecule has 2 aromatic heterocycles. The Labute approximate surface area is 135 Å². The van der Waals surface area contributed by atoms with Crippen LogP contribution >= 0.6 is 0 Å². The van der Waals surface area contributed by atoms with Gasteiger partial charge in [-0.15, -0.1) is 0 Å². The lowest BCUT2D eigenvalue weighted by molar-refractivity contribution is 0.0211. The SMILES string of the molecule is CC(C)(C)OC(=O)N1C2CCC1C(c1cc3ncccc3o1)C2. The number of hydrogen-bond donors (Lipinski definition) is 0. The van der Waals surface area contributed by atoms with Crippen LogP contribution in [-0.2, 0) is 4.74 Å². The number of rotatable bonds is 1. The van der Waals surface area contributed by atoms with Crippen LogP contribution < -0.4 is 0 Å². The molecule has 4 heterocycles. The summed E-state index contributed by atoms with van der Waals surface area (Å²) in [5.74, 6) is 1.19. The molecule has 0 spiro atoms. The maximum absolute atomic E-state index is 12.5. The molecule has 122 valence electrons. The topological polar surface area (TPSA) is 55.6 Å². The molecule has 0 saturated carbocycles. The van der Waals surface area contributed by atoms with Crippen LogP contribution in [0.3, 0.4) is 0 Å². The molecule has 5 heteroatoms. The third-order valence-electron chi connectivity index (χ3n) is 4.81. The summed E-state index contributed by atoms with van der Waals surface area (Å²) in [4.78, 5) is 18.8. The smallest absolute Gasteiger partial charge is 0.410 e. The maximum Gasteiger partial charge on any atom is 0.410 e. The number of pyridine rings is 1. The van der Waals surface area contributed by atoms with Gasteiger partial charge in [-0.25, -0.2) is 4.79 Å². The van der Waals surface area contributed by atoms with Crippen molar-refractivity contribution in [2.24, 2.45) is 0 Å². The van der Waals surface area contributed by atoms with Gasteiger partial charge < -0.3 is 14.1 Å². The molecule has 4 rings (SSSR count). The number of carbonyl (C=O) groups is 1. The summed E-state index contributed by atoms with van der Waals surface area (Å²) in [6.07, 6.45) is 4.60. The summed E-state index contributed by atoms with van der Waals surface area (Å²) in [7, 11) is 0. The van der Waals surface area contributed by atoms with E-state index in [4.69, 9.17) is 9.15 Å². The largest absolute Gasteiger partial charge is 0.459 e. The number of hydrogen-bond acceptors (Lipinski definition) is 4. The molecule has 23 heavy (non-hydrogen) atoms. The van der Waals surface area contributed by atoms with E-state index in [1.54, 1.807) is 6.20 Å². The van der Waals surface area contributed by atoms with E-state index in [0.29, 0.717) is 0 Å². The van der Waals surface area contributed by atoms with Crippen LogP contribution in [0, 0.1) is 0 Å². The number of nitrogens with zero attached hydrogens (tertiary/aromatic N) is 2. The molecule has 0 aliphatic carbocycles. The number of ether oxygens (including phenoxy) is 1. The summed E-state index contributed by atoms with van der Waals surface area (Å²) in [5.41, 5.74) is 1.24. The lowest BCUT2D eigenvalue weighted by Crippen LogP contribution is -2.40. The minimum atomic E-state index is -0.460. The van der Waals surface area contributed by atoms with E-state index in [1.807, 2.05) is 43.9 Å². The Hall–Kier alpha value is -2.04. The first-order valence-corrected chi connectivity index (χ1v) is 8.28. The molecule has 2 bridgehead atoms. The molecule has 0 N–H and O–H groups in total. The van der Waals surface area contributed by atoms with Crippen LogP contribution in [0.4, 0.5) is 4.79 Å². The number of furan rings is 1. The van der Waals surface area contributed by atoms with Gasteiger partial charge in [0, 0.05) is 30.3 Å². The van der Waals surface area contributed by atoms with Gasteiger partial charge in [0.1, 0.15) is 16.9 Å². The van der Waals surface area contributed by atoms with E-state index >= 15 is 0 Å². The third kappa shape index (κ3) is 2.48. The van der Waals surface area contributed by atoms with Crippen LogP contribution in [0.2, 0.25) is 0 Å². The average Bonchev–Trinajstić information content (AvgIpc) is 3.16. The first kappa shape index (κ1) is 14.5. The highest BCUT2D eigenvalue weighted by atomic mass is 16.6. The van der Waals surface area contributed by atoms with Crippen molar-refractivity contribution in [1.82, 2.24) is 9.88 Å². The molecule has 1 amide bonds. The normalized spacial score (nSPS) is 26.9. The van der Waals surface area contributed by atoms with Crippen molar-refractivity contribution >= 4 is 17.2 Å². The number of fused-ring (bicyclic) bond motifs is 3. The number of aromatic nitrogens is 1. The van der Waals surface area contributed by atoms with Crippen molar-refractivity contribution in [3.05, 3.63) is 30.2 Å². The molecular formula is C18H22N2O3. The predicted molar refractivity (Wildman–Crippen MR) is 86.3 cm³/mol. The predicted octanol–water partition coefficient (Wildman–Crippen LogP) is 4.08. The van der Waals surface area contributed by atoms with Crippen LogP contribution in [0.5, 0.6) is 0 Å². The summed E-state index contributed by atoms with van der Waals surface area (Å²) in [6.45, 7) is 5.72. The van der Waals surface area contributed by atoms with Crippen molar-refractivity contribution in [3.8, 4) is 0 Å². The highest BCUT2D eigenvalue weighted by Gasteiger charge is 2.51. The zero-order valence-electron chi connectivity index (χ0n) is 13.8. The van der Waals surface area contributed by atoms with Crippen molar-refractivity contribution in [1.29, 1.82) is 0 Å². The van der Waals surface area contributed by atoms with Crippen LogP contribution in [0.15, 0.2) is 28.8 Å². The van der Waals surface area contributed by atoms with Gasteiger partial charge in [0.2, 0.25) is 0 Å². The Morgan fingerprint density at radius 1 is 1.39 bits per heavy atom. The Kier molecular flexibility index (Phi) is 3.15. The highest BCUT2D eigenvalue weighted by molar-refractivity contribution is 5.73. The fraction of sp³-hybridized carbons (Fsp3) is 0.556. The first-order chi connectivity index (χ1) is 10.9. The van der Waals surface area contributed by atoms with Gasteiger partial charge in [-0.2, -0.15) is 0 Å². The molecule has 2 saturated heterocycles. The van der Waals surface area contributed by atoms with E-state index in [2.05, 4.69) is 4.98 Å². The third-order valence-corrected chi connectivity index (χ3v) is 4.81. The van der Waals surface area contributed by atoms with Crippen LogP contribution in [0.25, 0.3) is 11.1 Å². The van der Waals surface area contributed by atoms with Crippen molar-refractivity contribution < 1.29 is 13.9 Å². The lowest BCUT2D eigenvalue weighted by atomic mass is 9.87. The fourth-order valence-electron chi connectivity index (χ4n) is 3.97. The Morgan fingerprint density at radius 3 is 2.96 bits per heavy atom. The maximum atomic E-state index is 12.5. The van der Waals surface area contributed by atoms with E-state index in [-0.39, 0.29) is 24.1 Å². The molecule has 2 aliphatic heterocycles. The summed E-state index contributed by atoms with van der Waals surface area (Å²) < 4.78 is 11.6. The van der Waals surface area contributed by atoms with Gasteiger partial charge in [-0.1, -0.05) is 0 Å². The first-order valence-electron chi connectivity index (χ1n) is 8.28. The van der Waals surface area contributed by atoms with Crippen molar-refractivity contribution in [2.45, 2.75) is 63.6 Å². The van der Waals surface area contributed by atoms with Gasteiger partial charge in [-0.05, 0) is 52.2 Å². The minimum Gasteiger partial charge on any atom is -0.459 e. The molecule has 5 nitrogen and oxygen atoms in total. The van der Waals surface area contributed by atoms with E-state index in [1.165, 1.54) is 0 Å². The average molecular weight is 314 g/mol. The highest BCUT2D eigenvalue weighted by Crippen LogP contribution is 2.48. The molecule has 3 unspecified atom stereocenters. The Balaban J connectivity index is 1.59. The summed E-state index contributed by atoms with van der Waals surface area (Å²) in [6, 6.07) is 6.28. The molecule has 0 aromatic carbocycles. The van der Waals surface area contributed by atoms with Gasteiger partial charge in [0.25, 0.3) is 0 Å². The van der Waals surface area contributed by atoms with E-state index in [9.17, 15) is 4.79 Å². The number of amides is 1. The van der Waals surface area contributed by atoms with Gasteiger partial charge >= 0.3 is 6.09 Å².